The number of rotatable bonds is 9. The highest BCUT2D eigenvalue weighted by atomic mass is 35.5. The molecule has 0 saturated heterocycles. The van der Waals surface area contributed by atoms with Crippen molar-refractivity contribution in [1.29, 1.82) is 0 Å². The lowest BCUT2D eigenvalue weighted by molar-refractivity contribution is -0.120. The quantitative estimate of drug-likeness (QED) is 0.552. The molecule has 0 N–H and O–H groups in total. The fourth-order valence-electron chi connectivity index (χ4n) is 3.59. The van der Waals surface area contributed by atoms with Crippen molar-refractivity contribution in [2.45, 2.75) is 13.8 Å². The number of ether oxygens (including phenoxy) is 2. The van der Waals surface area contributed by atoms with E-state index in [9.17, 15) is 9.59 Å². The number of halogens is 1. The highest BCUT2D eigenvalue weighted by Crippen LogP contribution is 2.37. The van der Waals surface area contributed by atoms with Crippen LogP contribution in [0.15, 0.2) is 48.2 Å². The molecule has 0 fully saturated rings. The number of hydrogen-bond acceptors (Lipinski definition) is 5. The molecule has 2 aromatic rings. The molecular weight excluding hydrogens is 416 g/mol. The molecule has 0 aliphatic carbocycles. The van der Waals surface area contributed by atoms with Crippen LogP contribution >= 0.6 is 11.6 Å². The molecule has 0 spiro atoms. The van der Waals surface area contributed by atoms with Crippen molar-refractivity contribution in [2.24, 2.45) is 0 Å². The minimum atomic E-state index is -0.377. The lowest BCUT2D eigenvalue weighted by Crippen LogP contribution is -2.38. The second-order valence-electron chi connectivity index (χ2n) is 7.39. The van der Waals surface area contributed by atoms with Crippen molar-refractivity contribution < 1.29 is 19.1 Å². The van der Waals surface area contributed by atoms with Gasteiger partial charge in [-0.05, 0) is 37.1 Å². The Balaban J connectivity index is 2.16. The predicted octanol–water partition coefficient (Wildman–Crippen LogP) is 3.84. The number of imide groups is 1. The smallest absolute Gasteiger partial charge is 0.282 e. The lowest BCUT2D eigenvalue weighted by atomic mass is 10.0. The molecule has 31 heavy (non-hydrogen) atoms. The molecule has 1 aliphatic rings. The van der Waals surface area contributed by atoms with Crippen LogP contribution < -0.4 is 4.90 Å². The zero-order valence-electron chi connectivity index (χ0n) is 18.3. The zero-order valence-corrected chi connectivity index (χ0v) is 19.0. The fourth-order valence-corrected chi connectivity index (χ4v) is 3.76. The Labute approximate surface area is 188 Å². The predicted molar refractivity (Wildman–Crippen MR) is 122 cm³/mol. The van der Waals surface area contributed by atoms with E-state index >= 15 is 0 Å². The van der Waals surface area contributed by atoms with E-state index < -0.39 is 0 Å². The van der Waals surface area contributed by atoms with Crippen molar-refractivity contribution in [2.75, 3.05) is 45.4 Å². The number of nitrogens with zero attached hydrogens (tertiary/aromatic N) is 2. The first-order chi connectivity index (χ1) is 14.9. The van der Waals surface area contributed by atoms with E-state index in [0.717, 1.165) is 5.56 Å². The Kier molecular flexibility index (Phi) is 7.49. The van der Waals surface area contributed by atoms with Crippen molar-refractivity contribution in [3.8, 4) is 0 Å². The standard InChI is InChI=1S/C24H27ClN2O4/c1-16-8-10-18(11-9-16)21-22(26(12-14-30-3)13-15-31-4)24(29)27(23(21)28)20-7-5-6-19(25)17(20)2/h5-11H,12-15H2,1-4H3. The second-order valence-corrected chi connectivity index (χ2v) is 7.80. The Hall–Kier alpha value is -2.67. The van der Waals surface area contributed by atoms with Crippen LogP contribution in [0.4, 0.5) is 5.69 Å². The Morgan fingerprint density at radius 1 is 0.903 bits per heavy atom. The Morgan fingerprint density at radius 3 is 2.10 bits per heavy atom. The molecule has 6 nitrogen and oxygen atoms in total. The Bertz CT molecular complexity index is 993. The van der Waals surface area contributed by atoms with Crippen LogP contribution in [0.1, 0.15) is 16.7 Å². The molecule has 0 bridgehead atoms. The third-order valence-corrected chi connectivity index (χ3v) is 5.74. The highest BCUT2D eigenvalue weighted by Gasteiger charge is 2.43. The minimum Gasteiger partial charge on any atom is -0.383 e. The van der Waals surface area contributed by atoms with E-state index in [1.807, 2.05) is 36.1 Å². The van der Waals surface area contributed by atoms with Crippen LogP contribution in [-0.4, -0.2) is 57.2 Å². The lowest BCUT2D eigenvalue weighted by Gasteiger charge is -2.26. The molecule has 1 aliphatic heterocycles. The summed E-state index contributed by atoms with van der Waals surface area (Å²) in [5, 5.41) is 0.499. The molecule has 0 unspecified atom stereocenters. The minimum absolute atomic E-state index is 0.349. The molecule has 0 saturated carbocycles. The summed E-state index contributed by atoms with van der Waals surface area (Å²) < 4.78 is 10.5. The topological polar surface area (TPSA) is 59.1 Å². The maximum atomic E-state index is 13.7. The van der Waals surface area contributed by atoms with Crippen molar-refractivity contribution in [3.05, 3.63) is 69.9 Å². The van der Waals surface area contributed by atoms with Crippen LogP contribution in [0.3, 0.4) is 0 Å². The number of carbonyl (C=O) groups excluding carboxylic acids is 2. The van der Waals surface area contributed by atoms with Gasteiger partial charge in [0.15, 0.2) is 0 Å². The number of carbonyl (C=O) groups is 2. The first kappa shape index (κ1) is 23.0. The molecule has 0 radical (unpaired) electrons. The third kappa shape index (κ3) is 4.66. The first-order valence-electron chi connectivity index (χ1n) is 10.1. The molecular formula is C24H27ClN2O4. The molecule has 2 aromatic carbocycles. The zero-order chi connectivity index (χ0) is 22.5. The van der Waals surface area contributed by atoms with Gasteiger partial charge >= 0.3 is 0 Å². The van der Waals surface area contributed by atoms with E-state index in [-0.39, 0.29) is 11.8 Å². The maximum absolute atomic E-state index is 13.7. The van der Waals surface area contributed by atoms with E-state index in [4.69, 9.17) is 21.1 Å². The number of methoxy groups -OCH3 is 2. The van der Waals surface area contributed by atoms with Crippen LogP contribution in [0, 0.1) is 13.8 Å². The van der Waals surface area contributed by atoms with Gasteiger partial charge in [-0.3, -0.25) is 9.59 Å². The Morgan fingerprint density at radius 2 is 1.52 bits per heavy atom. The van der Waals surface area contributed by atoms with Crippen molar-refractivity contribution in [3.63, 3.8) is 0 Å². The summed E-state index contributed by atoms with van der Waals surface area (Å²) in [5.41, 5.74) is 3.65. The molecule has 0 aromatic heterocycles. The van der Waals surface area contributed by atoms with Gasteiger partial charge in [-0.2, -0.15) is 0 Å². The monoisotopic (exact) mass is 442 g/mol. The average molecular weight is 443 g/mol. The van der Waals surface area contributed by atoms with Gasteiger partial charge in [-0.1, -0.05) is 47.5 Å². The molecule has 7 heteroatoms. The average Bonchev–Trinajstić information content (AvgIpc) is 3.01. The van der Waals surface area contributed by atoms with Gasteiger partial charge in [-0.25, -0.2) is 4.90 Å². The van der Waals surface area contributed by atoms with Gasteiger partial charge in [0, 0.05) is 32.3 Å². The summed E-state index contributed by atoms with van der Waals surface area (Å²) in [5.74, 6) is -0.743. The molecule has 1 heterocycles. The highest BCUT2D eigenvalue weighted by molar-refractivity contribution is 6.46. The third-order valence-electron chi connectivity index (χ3n) is 5.33. The van der Waals surface area contributed by atoms with Crippen LogP contribution in [0.25, 0.3) is 5.57 Å². The number of anilines is 1. The normalized spacial score (nSPS) is 14.0. The maximum Gasteiger partial charge on any atom is 0.282 e. The van der Waals surface area contributed by atoms with Gasteiger partial charge < -0.3 is 14.4 Å². The summed E-state index contributed by atoms with van der Waals surface area (Å²) in [6.45, 7) is 5.50. The summed E-state index contributed by atoms with van der Waals surface area (Å²) >= 11 is 6.29. The molecule has 3 rings (SSSR count). The number of amides is 2. The van der Waals surface area contributed by atoms with Crippen molar-refractivity contribution >= 4 is 34.7 Å². The molecule has 0 atom stereocenters. The number of benzene rings is 2. The van der Waals surface area contributed by atoms with E-state index in [2.05, 4.69) is 0 Å². The van der Waals surface area contributed by atoms with E-state index in [1.54, 1.807) is 39.3 Å². The van der Waals surface area contributed by atoms with Gasteiger partial charge in [0.25, 0.3) is 11.8 Å². The van der Waals surface area contributed by atoms with Gasteiger partial charge in [0.05, 0.1) is 24.5 Å². The van der Waals surface area contributed by atoms with Crippen LogP contribution in [0.5, 0.6) is 0 Å². The second kappa shape index (κ2) is 10.1. The van der Waals surface area contributed by atoms with Gasteiger partial charge in [-0.15, -0.1) is 0 Å². The summed E-state index contributed by atoms with van der Waals surface area (Å²) in [6, 6.07) is 12.8. The largest absolute Gasteiger partial charge is 0.383 e. The summed E-state index contributed by atoms with van der Waals surface area (Å²) in [7, 11) is 3.21. The SMILES string of the molecule is COCCN(CCOC)C1=C(c2ccc(C)cc2)C(=O)N(c2cccc(Cl)c2C)C1=O. The van der Waals surface area contributed by atoms with Crippen molar-refractivity contribution in [1.82, 2.24) is 4.90 Å². The molecule has 164 valence electrons. The first-order valence-corrected chi connectivity index (χ1v) is 10.5. The number of hydrogen-bond donors (Lipinski definition) is 0. The fraction of sp³-hybridized carbons (Fsp3) is 0.333. The summed E-state index contributed by atoms with van der Waals surface area (Å²) in [6.07, 6.45) is 0. The van der Waals surface area contributed by atoms with Gasteiger partial charge in [0.2, 0.25) is 0 Å². The van der Waals surface area contributed by atoms with E-state index in [0.29, 0.717) is 59.4 Å². The van der Waals surface area contributed by atoms with Crippen LogP contribution in [-0.2, 0) is 19.1 Å². The number of aryl methyl sites for hydroxylation is 1. The van der Waals surface area contributed by atoms with E-state index in [1.165, 1.54) is 4.90 Å². The van der Waals surface area contributed by atoms with Crippen LogP contribution in [0.2, 0.25) is 5.02 Å². The molecule has 2 amide bonds. The summed E-state index contributed by atoms with van der Waals surface area (Å²) in [4.78, 5) is 30.4. The van der Waals surface area contributed by atoms with Gasteiger partial charge in [0.1, 0.15) is 5.70 Å².